The van der Waals surface area contributed by atoms with Crippen molar-refractivity contribution in [3.05, 3.63) is 54.1 Å². The SMILES string of the molecule is Cc1ccc(N=Nc2sc3ccccc3c2O)cc1. The normalized spacial score (nSPS) is 11.4. The van der Waals surface area contributed by atoms with E-state index in [1.165, 1.54) is 16.9 Å². The van der Waals surface area contributed by atoms with Gasteiger partial charge in [-0.3, -0.25) is 0 Å². The van der Waals surface area contributed by atoms with E-state index in [0.717, 1.165) is 15.8 Å². The van der Waals surface area contributed by atoms with Crippen LogP contribution in [0.4, 0.5) is 10.7 Å². The number of benzene rings is 2. The number of fused-ring (bicyclic) bond motifs is 1. The van der Waals surface area contributed by atoms with E-state index in [4.69, 9.17) is 0 Å². The van der Waals surface area contributed by atoms with E-state index in [9.17, 15) is 5.11 Å². The van der Waals surface area contributed by atoms with Crippen LogP contribution in [0.15, 0.2) is 58.8 Å². The molecule has 1 N–H and O–H groups in total. The Morgan fingerprint density at radius 2 is 1.68 bits per heavy atom. The van der Waals surface area contributed by atoms with Crippen LogP contribution in [0.1, 0.15) is 5.56 Å². The smallest absolute Gasteiger partial charge is 0.181 e. The molecule has 0 aliphatic heterocycles. The topological polar surface area (TPSA) is 45.0 Å². The minimum Gasteiger partial charge on any atom is -0.504 e. The third-order valence-corrected chi connectivity index (χ3v) is 3.89. The fraction of sp³-hybridized carbons (Fsp3) is 0.0667. The van der Waals surface area contributed by atoms with E-state index in [1.807, 2.05) is 55.5 Å². The highest BCUT2D eigenvalue weighted by molar-refractivity contribution is 7.23. The number of nitrogens with zero attached hydrogens (tertiary/aromatic N) is 2. The average Bonchev–Trinajstić information content (AvgIpc) is 2.76. The van der Waals surface area contributed by atoms with E-state index in [2.05, 4.69) is 10.2 Å². The molecule has 0 saturated carbocycles. The molecule has 4 heteroatoms. The van der Waals surface area contributed by atoms with Gasteiger partial charge in [0.25, 0.3) is 0 Å². The number of hydrogen-bond acceptors (Lipinski definition) is 4. The molecule has 1 heterocycles. The van der Waals surface area contributed by atoms with Crippen molar-refractivity contribution in [3.63, 3.8) is 0 Å². The van der Waals surface area contributed by atoms with Gasteiger partial charge in [0.1, 0.15) is 0 Å². The molecule has 3 rings (SSSR count). The number of azo groups is 1. The summed E-state index contributed by atoms with van der Waals surface area (Å²) in [7, 11) is 0. The largest absolute Gasteiger partial charge is 0.504 e. The molecule has 0 atom stereocenters. The lowest BCUT2D eigenvalue weighted by atomic mass is 10.2. The molecule has 94 valence electrons. The quantitative estimate of drug-likeness (QED) is 0.627. The third-order valence-electron chi connectivity index (χ3n) is 2.84. The first-order valence-corrected chi connectivity index (χ1v) is 6.74. The van der Waals surface area contributed by atoms with Crippen molar-refractivity contribution in [2.24, 2.45) is 10.2 Å². The molecule has 3 aromatic rings. The first kappa shape index (κ1) is 11.9. The molecule has 0 amide bonds. The standard InChI is InChI=1S/C15H12N2OS/c1-10-6-8-11(9-7-10)16-17-15-14(18)12-4-2-3-5-13(12)19-15/h2-9,18H,1H3. The van der Waals surface area contributed by atoms with Crippen molar-refractivity contribution in [2.45, 2.75) is 6.92 Å². The van der Waals surface area contributed by atoms with Gasteiger partial charge < -0.3 is 5.11 Å². The molecule has 3 nitrogen and oxygen atoms in total. The van der Waals surface area contributed by atoms with Gasteiger partial charge in [-0.1, -0.05) is 29.8 Å². The van der Waals surface area contributed by atoms with Gasteiger partial charge in [-0.25, -0.2) is 0 Å². The number of aryl methyl sites for hydroxylation is 1. The van der Waals surface area contributed by atoms with Gasteiger partial charge in [0.05, 0.1) is 5.69 Å². The zero-order chi connectivity index (χ0) is 13.2. The van der Waals surface area contributed by atoms with Crippen LogP contribution in [-0.2, 0) is 0 Å². The number of hydrogen-bond donors (Lipinski definition) is 1. The highest BCUT2D eigenvalue weighted by Crippen LogP contribution is 2.43. The van der Waals surface area contributed by atoms with Crippen molar-refractivity contribution in [1.82, 2.24) is 0 Å². The molecule has 0 spiro atoms. The third kappa shape index (κ3) is 2.35. The van der Waals surface area contributed by atoms with Crippen molar-refractivity contribution < 1.29 is 5.11 Å². The highest BCUT2D eigenvalue weighted by atomic mass is 32.1. The zero-order valence-electron chi connectivity index (χ0n) is 10.4. The predicted molar refractivity (Wildman–Crippen MR) is 78.8 cm³/mol. The number of aromatic hydroxyl groups is 1. The summed E-state index contributed by atoms with van der Waals surface area (Å²) in [6.07, 6.45) is 0. The molecule has 19 heavy (non-hydrogen) atoms. The molecule has 0 aliphatic carbocycles. The molecule has 0 saturated heterocycles. The summed E-state index contributed by atoms with van der Waals surface area (Å²) < 4.78 is 1.01. The fourth-order valence-electron chi connectivity index (χ4n) is 1.80. The summed E-state index contributed by atoms with van der Waals surface area (Å²) in [6.45, 7) is 2.03. The van der Waals surface area contributed by atoms with E-state index < -0.39 is 0 Å². The maximum atomic E-state index is 10.1. The van der Waals surface area contributed by atoms with E-state index in [-0.39, 0.29) is 5.75 Å². The summed E-state index contributed by atoms with van der Waals surface area (Å²) in [6, 6.07) is 15.5. The molecular formula is C15H12N2OS. The average molecular weight is 268 g/mol. The monoisotopic (exact) mass is 268 g/mol. The Morgan fingerprint density at radius 1 is 0.947 bits per heavy atom. The molecule has 0 unspecified atom stereocenters. The lowest BCUT2D eigenvalue weighted by Gasteiger charge is -1.93. The van der Waals surface area contributed by atoms with Crippen LogP contribution in [-0.4, -0.2) is 5.11 Å². The summed E-state index contributed by atoms with van der Waals surface area (Å²) in [4.78, 5) is 0. The Morgan fingerprint density at radius 3 is 2.42 bits per heavy atom. The second-order valence-electron chi connectivity index (χ2n) is 4.29. The second kappa shape index (κ2) is 4.82. The van der Waals surface area contributed by atoms with E-state index in [1.54, 1.807) is 0 Å². The van der Waals surface area contributed by atoms with Crippen molar-refractivity contribution >= 4 is 32.1 Å². The molecule has 2 aromatic carbocycles. The Balaban J connectivity index is 1.97. The lowest BCUT2D eigenvalue weighted by molar-refractivity contribution is 0.484. The van der Waals surface area contributed by atoms with Gasteiger partial charge >= 0.3 is 0 Å². The minimum absolute atomic E-state index is 0.205. The number of thiophene rings is 1. The highest BCUT2D eigenvalue weighted by Gasteiger charge is 2.09. The lowest BCUT2D eigenvalue weighted by Crippen LogP contribution is -1.67. The van der Waals surface area contributed by atoms with Gasteiger partial charge in [-0.15, -0.1) is 21.6 Å². The van der Waals surface area contributed by atoms with E-state index >= 15 is 0 Å². The van der Waals surface area contributed by atoms with Gasteiger partial charge in [-0.2, -0.15) is 0 Å². The van der Waals surface area contributed by atoms with Crippen LogP contribution in [0, 0.1) is 6.92 Å². The van der Waals surface area contributed by atoms with Crippen LogP contribution < -0.4 is 0 Å². The second-order valence-corrected chi connectivity index (χ2v) is 5.32. The van der Waals surface area contributed by atoms with Crippen LogP contribution in [0.2, 0.25) is 0 Å². The summed E-state index contributed by atoms with van der Waals surface area (Å²) in [5.74, 6) is 0.205. The Labute approximate surface area is 114 Å². The molecule has 0 radical (unpaired) electrons. The van der Waals surface area contributed by atoms with Gasteiger partial charge in [0, 0.05) is 10.1 Å². The van der Waals surface area contributed by atoms with Crippen molar-refractivity contribution in [3.8, 4) is 5.75 Å². The van der Waals surface area contributed by atoms with Gasteiger partial charge in [-0.05, 0) is 31.2 Å². The first-order valence-electron chi connectivity index (χ1n) is 5.93. The Bertz CT molecular complexity index is 744. The van der Waals surface area contributed by atoms with Crippen molar-refractivity contribution in [2.75, 3.05) is 0 Å². The fourth-order valence-corrected chi connectivity index (χ4v) is 2.72. The zero-order valence-corrected chi connectivity index (χ0v) is 11.2. The van der Waals surface area contributed by atoms with Gasteiger partial charge in [0.15, 0.2) is 10.8 Å². The maximum Gasteiger partial charge on any atom is 0.181 e. The van der Waals surface area contributed by atoms with Crippen molar-refractivity contribution in [1.29, 1.82) is 0 Å². The summed E-state index contributed by atoms with van der Waals surface area (Å²) >= 11 is 1.44. The van der Waals surface area contributed by atoms with Crippen LogP contribution in [0.25, 0.3) is 10.1 Å². The Kier molecular flexibility index (Phi) is 3.01. The summed E-state index contributed by atoms with van der Waals surface area (Å²) in [5.41, 5.74) is 1.96. The first-order chi connectivity index (χ1) is 9.24. The van der Waals surface area contributed by atoms with Gasteiger partial charge in [0.2, 0.25) is 0 Å². The van der Waals surface area contributed by atoms with Crippen LogP contribution >= 0.6 is 11.3 Å². The molecule has 0 bridgehead atoms. The number of rotatable bonds is 2. The van der Waals surface area contributed by atoms with Crippen LogP contribution in [0.3, 0.4) is 0 Å². The maximum absolute atomic E-state index is 10.1. The predicted octanol–water partition coefficient (Wildman–Crippen LogP) is 5.33. The van der Waals surface area contributed by atoms with Crippen LogP contribution in [0.5, 0.6) is 5.75 Å². The summed E-state index contributed by atoms with van der Waals surface area (Å²) in [5, 5.41) is 19.7. The van der Waals surface area contributed by atoms with E-state index in [0.29, 0.717) is 5.00 Å². The Hall–Kier alpha value is -2.20. The molecule has 0 aliphatic rings. The minimum atomic E-state index is 0.205. The molecule has 0 fully saturated rings. The molecular weight excluding hydrogens is 256 g/mol. The molecule has 1 aromatic heterocycles.